The van der Waals surface area contributed by atoms with Gasteiger partial charge >= 0.3 is 0 Å². The zero-order valence-electron chi connectivity index (χ0n) is 10.7. The molecule has 0 saturated carbocycles. The van der Waals surface area contributed by atoms with E-state index in [4.69, 9.17) is 16.3 Å². The van der Waals surface area contributed by atoms with Gasteiger partial charge in [0.25, 0.3) is 5.91 Å². The molecule has 0 bridgehead atoms. The van der Waals surface area contributed by atoms with Crippen molar-refractivity contribution in [3.05, 3.63) is 58.6 Å². The van der Waals surface area contributed by atoms with Gasteiger partial charge in [-0.3, -0.25) is 4.79 Å². The Hall–Kier alpha value is -2.04. The largest absolute Gasteiger partial charge is 0.496 e. The second-order valence-corrected chi connectivity index (χ2v) is 4.99. The van der Waals surface area contributed by atoms with Crippen LogP contribution in [0.4, 0.5) is 5.69 Å². The summed E-state index contributed by atoms with van der Waals surface area (Å²) in [6.07, 6.45) is 0. The Morgan fingerprint density at radius 2 is 1.95 bits per heavy atom. The molecule has 1 amide bonds. The number of nitrogens with one attached hydrogen (secondary N) is 1. The Morgan fingerprint density at radius 1 is 1.20 bits per heavy atom. The van der Waals surface area contributed by atoms with Crippen molar-refractivity contribution in [2.24, 2.45) is 0 Å². The zero-order chi connectivity index (χ0) is 14.3. The molecule has 0 aliphatic carbocycles. The highest BCUT2D eigenvalue weighted by Gasteiger charge is 2.48. The molecule has 102 valence electrons. The van der Waals surface area contributed by atoms with E-state index in [0.29, 0.717) is 27.6 Å². The first-order valence-corrected chi connectivity index (χ1v) is 6.42. The molecule has 0 spiro atoms. The van der Waals surface area contributed by atoms with Crippen molar-refractivity contribution in [2.45, 2.75) is 5.60 Å². The molecule has 1 aliphatic rings. The van der Waals surface area contributed by atoms with Gasteiger partial charge in [0.1, 0.15) is 5.75 Å². The third-order valence-electron chi connectivity index (χ3n) is 3.44. The summed E-state index contributed by atoms with van der Waals surface area (Å²) in [4.78, 5) is 12.3. The molecule has 1 atom stereocenters. The van der Waals surface area contributed by atoms with Gasteiger partial charge in [0, 0.05) is 21.8 Å². The second-order valence-electron chi connectivity index (χ2n) is 4.55. The lowest BCUT2D eigenvalue weighted by molar-refractivity contribution is -0.129. The number of benzene rings is 2. The van der Waals surface area contributed by atoms with Crippen LogP contribution in [0.3, 0.4) is 0 Å². The van der Waals surface area contributed by atoms with Crippen molar-refractivity contribution < 1.29 is 14.6 Å². The van der Waals surface area contributed by atoms with Gasteiger partial charge in [0.2, 0.25) is 0 Å². The first-order valence-electron chi connectivity index (χ1n) is 6.04. The summed E-state index contributed by atoms with van der Waals surface area (Å²) in [5, 5.41) is 14.1. The van der Waals surface area contributed by atoms with Crippen LogP contribution in [-0.2, 0) is 10.4 Å². The van der Waals surface area contributed by atoms with Crippen LogP contribution in [0.5, 0.6) is 5.75 Å². The Morgan fingerprint density at radius 3 is 2.70 bits per heavy atom. The number of halogens is 1. The van der Waals surface area contributed by atoms with Gasteiger partial charge in [0.05, 0.1) is 7.11 Å². The quantitative estimate of drug-likeness (QED) is 0.893. The Balaban J connectivity index is 2.28. The summed E-state index contributed by atoms with van der Waals surface area (Å²) in [6.45, 7) is 0. The molecule has 2 N–H and O–H groups in total. The Kier molecular flexibility index (Phi) is 2.92. The molecule has 20 heavy (non-hydrogen) atoms. The number of fused-ring (bicyclic) bond motifs is 1. The first-order chi connectivity index (χ1) is 9.57. The lowest BCUT2D eigenvalue weighted by Crippen LogP contribution is -2.35. The molecular formula is C15H12ClNO3. The number of rotatable bonds is 2. The minimum Gasteiger partial charge on any atom is -0.496 e. The van der Waals surface area contributed by atoms with Crippen LogP contribution >= 0.6 is 11.6 Å². The van der Waals surface area contributed by atoms with Crippen molar-refractivity contribution >= 4 is 23.2 Å². The molecule has 1 unspecified atom stereocenters. The fourth-order valence-electron chi connectivity index (χ4n) is 2.47. The number of hydrogen-bond donors (Lipinski definition) is 2. The maximum Gasteiger partial charge on any atom is 0.266 e. The maximum atomic E-state index is 12.3. The van der Waals surface area contributed by atoms with Gasteiger partial charge in [0.15, 0.2) is 5.60 Å². The molecule has 4 nitrogen and oxygen atoms in total. The van der Waals surface area contributed by atoms with Gasteiger partial charge < -0.3 is 15.2 Å². The smallest absolute Gasteiger partial charge is 0.266 e. The standard InChI is InChI=1S/C15H12ClNO3/c1-20-13-7-6-9(16)8-11(13)15(19)10-4-2-3-5-12(10)17-14(15)18/h2-8,19H,1H3,(H,17,18). The highest BCUT2D eigenvalue weighted by molar-refractivity contribution is 6.30. The monoisotopic (exact) mass is 289 g/mol. The van der Waals surface area contributed by atoms with E-state index in [2.05, 4.69) is 5.32 Å². The van der Waals surface area contributed by atoms with E-state index in [1.807, 2.05) is 0 Å². The number of amides is 1. The average Bonchev–Trinajstić information content (AvgIpc) is 2.72. The first kappa shape index (κ1) is 13.0. The number of para-hydroxylation sites is 1. The van der Waals surface area contributed by atoms with E-state index < -0.39 is 11.5 Å². The molecular weight excluding hydrogens is 278 g/mol. The molecule has 2 aromatic rings. The van der Waals surface area contributed by atoms with Gasteiger partial charge in [-0.05, 0) is 24.3 Å². The highest BCUT2D eigenvalue weighted by Crippen LogP contribution is 2.44. The SMILES string of the molecule is COc1ccc(Cl)cc1C1(O)C(=O)Nc2ccccc21. The van der Waals surface area contributed by atoms with E-state index in [0.717, 1.165) is 0 Å². The summed E-state index contributed by atoms with van der Waals surface area (Å²) in [5.74, 6) is -0.108. The number of aliphatic hydroxyl groups is 1. The van der Waals surface area contributed by atoms with E-state index in [1.54, 1.807) is 42.5 Å². The number of hydrogen-bond acceptors (Lipinski definition) is 3. The summed E-state index contributed by atoms with van der Waals surface area (Å²) in [6, 6.07) is 11.8. The lowest BCUT2D eigenvalue weighted by atomic mass is 9.87. The highest BCUT2D eigenvalue weighted by atomic mass is 35.5. The van der Waals surface area contributed by atoms with E-state index >= 15 is 0 Å². The Labute approximate surface area is 120 Å². The van der Waals surface area contributed by atoms with Gasteiger partial charge in [-0.2, -0.15) is 0 Å². The molecule has 0 saturated heterocycles. The van der Waals surface area contributed by atoms with Gasteiger partial charge in [-0.25, -0.2) is 0 Å². The summed E-state index contributed by atoms with van der Waals surface area (Å²) in [5.41, 5.74) is -0.394. The normalized spacial score (nSPS) is 20.4. The molecule has 0 aromatic heterocycles. The van der Waals surface area contributed by atoms with Crippen LogP contribution in [0.1, 0.15) is 11.1 Å². The van der Waals surface area contributed by atoms with Crippen LogP contribution in [0.25, 0.3) is 0 Å². The summed E-state index contributed by atoms with van der Waals surface area (Å²) in [7, 11) is 1.48. The van der Waals surface area contributed by atoms with Crippen LogP contribution in [-0.4, -0.2) is 18.1 Å². The predicted molar refractivity (Wildman–Crippen MR) is 76.1 cm³/mol. The fraction of sp³-hybridized carbons (Fsp3) is 0.133. The van der Waals surface area contributed by atoms with Gasteiger partial charge in [-0.1, -0.05) is 29.8 Å². The average molecular weight is 290 g/mol. The number of methoxy groups -OCH3 is 1. The molecule has 3 rings (SSSR count). The Bertz CT molecular complexity index is 701. The minimum atomic E-state index is -1.80. The van der Waals surface area contributed by atoms with Crippen molar-refractivity contribution in [2.75, 3.05) is 12.4 Å². The molecule has 1 aliphatic heterocycles. The number of anilines is 1. The molecule has 2 aromatic carbocycles. The van der Waals surface area contributed by atoms with Crippen LogP contribution < -0.4 is 10.1 Å². The molecule has 0 radical (unpaired) electrons. The third kappa shape index (κ3) is 1.69. The van der Waals surface area contributed by atoms with E-state index in [-0.39, 0.29) is 0 Å². The van der Waals surface area contributed by atoms with Crippen LogP contribution in [0.15, 0.2) is 42.5 Å². The minimum absolute atomic E-state index is 0.329. The number of ether oxygens (including phenoxy) is 1. The number of carbonyl (C=O) groups excluding carboxylic acids is 1. The third-order valence-corrected chi connectivity index (χ3v) is 3.68. The predicted octanol–water partition coefficient (Wildman–Crippen LogP) is 2.54. The van der Waals surface area contributed by atoms with Crippen molar-refractivity contribution in [3.63, 3.8) is 0 Å². The zero-order valence-corrected chi connectivity index (χ0v) is 11.4. The van der Waals surface area contributed by atoms with Gasteiger partial charge in [-0.15, -0.1) is 0 Å². The number of carbonyl (C=O) groups is 1. The summed E-state index contributed by atoms with van der Waals surface area (Å²) < 4.78 is 5.24. The van der Waals surface area contributed by atoms with Crippen molar-refractivity contribution in [1.29, 1.82) is 0 Å². The summed E-state index contributed by atoms with van der Waals surface area (Å²) >= 11 is 5.99. The van der Waals surface area contributed by atoms with Crippen molar-refractivity contribution in [3.8, 4) is 5.75 Å². The topological polar surface area (TPSA) is 58.6 Å². The molecule has 1 heterocycles. The molecule has 0 fully saturated rings. The van der Waals surface area contributed by atoms with Crippen molar-refractivity contribution in [1.82, 2.24) is 0 Å². The van der Waals surface area contributed by atoms with E-state index in [9.17, 15) is 9.90 Å². The fourth-order valence-corrected chi connectivity index (χ4v) is 2.65. The lowest BCUT2D eigenvalue weighted by Gasteiger charge is -2.23. The maximum absolute atomic E-state index is 12.3. The second kappa shape index (κ2) is 4.51. The van der Waals surface area contributed by atoms with E-state index in [1.165, 1.54) is 7.11 Å². The van der Waals surface area contributed by atoms with Crippen LogP contribution in [0, 0.1) is 0 Å². The van der Waals surface area contributed by atoms with Crippen LogP contribution in [0.2, 0.25) is 5.02 Å². The molecule has 5 heteroatoms.